The smallest absolute Gasteiger partial charge is 0.167 e. The Hall–Kier alpha value is -1.78. The van der Waals surface area contributed by atoms with E-state index in [0.717, 1.165) is 11.4 Å². The van der Waals surface area contributed by atoms with Gasteiger partial charge < -0.3 is 14.6 Å². The average molecular weight is 294 g/mol. The van der Waals surface area contributed by atoms with Crippen LogP contribution in [0.3, 0.4) is 0 Å². The molecule has 0 saturated carbocycles. The molecule has 0 aliphatic carbocycles. The number of pyridine rings is 1. The summed E-state index contributed by atoms with van der Waals surface area (Å²) in [6, 6.07) is 9.04. The molecule has 0 saturated heterocycles. The highest BCUT2D eigenvalue weighted by Crippen LogP contribution is 2.35. The third-order valence-electron chi connectivity index (χ3n) is 2.80. The number of hydrogen-bond acceptors (Lipinski definition) is 4. The lowest BCUT2D eigenvalue weighted by Crippen LogP contribution is -2.03. The number of aliphatic hydroxyl groups is 1. The molecular formula is C15H16ClNO3. The first kappa shape index (κ1) is 14.6. The van der Waals surface area contributed by atoms with E-state index in [9.17, 15) is 5.11 Å². The largest absolute Gasteiger partial charge is 0.493 e. The van der Waals surface area contributed by atoms with Crippen LogP contribution >= 0.6 is 11.6 Å². The molecule has 0 atom stereocenters. The van der Waals surface area contributed by atoms with Gasteiger partial charge in [0, 0.05) is 22.3 Å². The van der Waals surface area contributed by atoms with Crippen molar-refractivity contribution in [3.8, 4) is 11.5 Å². The first-order valence-electron chi connectivity index (χ1n) is 6.16. The Morgan fingerprint density at radius 1 is 1.30 bits per heavy atom. The van der Waals surface area contributed by atoms with Crippen LogP contribution in [-0.4, -0.2) is 17.2 Å². The normalized spacial score (nSPS) is 10.4. The van der Waals surface area contributed by atoms with Crippen molar-refractivity contribution in [2.75, 3.05) is 7.11 Å². The Labute approximate surface area is 122 Å². The van der Waals surface area contributed by atoms with Crippen molar-refractivity contribution in [2.24, 2.45) is 0 Å². The van der Waals surface area contributed by atoms with E-state index in [2.05, 4.69) is 4.98 Å². The number of nitrogens with zero attached hydrogens (tertiary/aromatic N) is 1. The second-order valence-electron chi connectivity index (χ2n) is 4.31. The Kier molecular flexibility index (Phi) is 4.82. The number of methoxy groups -OCH3 is 1. The highest BCUT2D eigenvalue weighted by molar-refractivity contribution is 6.30. The minimum absolute atomic E-state index is 0.173. The van der Waals surface area contributed by atoms with Gasteiger partial charge in [-0.05, 0) is 25.1 Å². The Bertz CT molecular complexity index is 576. The first-order chi connectivity index (χ1) is 9.63. The molecule has 4 nitrogen and oxygen atoms in total. The lowest BCUT2D eigenvalue weighted by Gasteiger charge is -2.14. The van der Waals surface area contributed by atoms with Gasteiger partial charge in [-0.2, -0.15) is 0 Å². The zero-order valence-electron chi connectivity index (χ0n) is 11.4. The fourth-order valence-electron chi connectivity index (χ4n) is 1.88. The lowest BCUT2D eigenvalue weighted by molar-refractivity contribution is 0.248. The highest BCUT2D eigenvalue weighted by Gasteiger charge is 2.12. The zero-order valence-corrected chi connectivity index (χ0v) is 12.1. The second-order valence-corrected chi connectivity index (χ2v) is 4.75. The van der Waals surface area contributed by atoms with Gasteiger partial charge in [0.2, 0.25) is 0 Å². The van der Waals surface area contributed by atoms with Gasteiger partial charge in [-0.3, -0.25) is 4.98 Å². The monoisotopic (exact) mass is 293 g/mol. The predicted octanol–water partition coefficient (Wildman–Crippen LogP) is 3.12. The third-order valence-corrected chi connectivity index (χ3v) is 3.02. The summed E-state index contributed by atoms with van der Waals surface area (Å²) >= 11 is 5.96. The zero-order chi connectivity index (χ0) is 14.5. The van der Waals surface area contributed by atoms with Gasteiger partial charge >= 0.3 is 0 Å². The topological polar surface area (TPSA) is 51.6 Å². The van der Waals surface area contributed by atoms with Gasteiger partial charge in [0.1, 0.15) is 6.61 Å². The second kappa shape index (κ2) is 6.59. The maximum Gasteiger partial charge on any atom is 0.167 e. The quantitative estimate of drug-likeness (QED) is 0.920. The molecule has 1 aromatic carbocycles. The van der Waals surface area contributed by atoms with E-state index in [1.807, 2.05) is 25.1 Å². The van der Waals surface area contributed by atoms with Gasteiger partial charge in [-0.25, -0.2) is 0 Å². The maximum atomic E-state index is 9.39. The molecule has 1 N–H and O–H groups in total. The fraction of sp³-hybridized carbons (Fsp3) is 0.267. The number of aliphatic hydroxyl groups excluding tert-OH is 1. The van der Waals surface area contributed by atoms with Crippen LogP contribution in [0, 0.1) is 6.92 Å². The predicted molar refractivity (Wildman–Crippen MR) is 77.2 cm³/mol. The van der Waals surface area contributed by atoms with Crippen molar-refractivity contribution in [3.63, 3.8) is 0 Å². The van der Waals surface area contributed by atoms with Gasteiger partial charge in [0.25, 0.3) is 0 Å². The van der Waals surface area contributed by atoms with Crippen molar-refractivity contribution in [1.82, 2.24) is 4.98 Å². The molecule has 0 aliphatic rings. The summed E-state index contributed by atoms with van der Waals surface area (Å²) in [5.41, 5.74) is 2.32. The van der Waals surface area contributed by atoms with Crippen molar-refractivity contribution >= 4 is 11.6 Å². The molecule has 0 unspecified atom stereocenters. The summed E-state index contributed by atoms with van der Waals surface area (Å²) in [5, 5.41) is 9.89. The van der Waals surface area contributed by atoms with E-state index in [-0.39, 0.29) is 6.61 Å². The minimum Gasteiger partial charge on any atom is -0.493 e. The average Bonchev–Trinajstić information content (AvgIpc) is 2.45. The van der Waals surface area contributed by atoms with Gasteiger partial charge in [0.15, 0.2) is 11.5 Å². The van der Waals surface area contributed by atoms with E-state index >= 15 is 0 Å². The highest BCUT2D eigenvalue weighted by atomic mass is 35.5. The van der Waals surface area contributed by atoms with Crippen LogP contribution in [0.15, 0.2) is 30.3 Å². The molecule has 20 heavy (non-hydrogen) atoms. The van der Waals surface area contributed by atoms with Gasteiger partial charge in [0.05, 0.1) is 19.4 Å². The Morgan fingerprint density at radius 3 is 2.75 bits per heavy atom. The van der Waals surface area contributed by atoms with Crippen LogP contribution in [0.25, 0.3) is 0 Å². The summed E-state index contributed by atoms with van der Waals surface area (Å²) in [6.45, 7) is 2.05. The Balaban J connectivity index is 2.24. The van der Waals surface area contributed by atoms with E-state index < -0.39 is 0 Å². The molecule has 5 heteroatoms. The minimum atomic E-state index is -0.173. The van der Waals surface area contributed by atoms with Crippen LogP contribution in [0.2, 0.25) is 5.02 Å². The van der Waals surface area contributed by atoms with Crippen LogP contribution in [0.4, 0.5) is 0 Å². The van der Waals surface area contributed by atoms with E-state index in [4.69, 9.17) is 21.1 Å². The molecular weight excluding hydrogens is 278 g/mol. The standard InChI is InChI=1S/C15H16ClNO3/c1-10-4-3-5-13(17-10)9-20-15-11(8-18)6-12(16)7-14(15)19-2/h3-7,18H,8-9H2,1-2H3. The van der Waals surface area contributed by atoms with E-state index in [0.29, 0.717) is 28.7 Å². The number of benzene rings is 1. The number of halogens is 1. The van der Waals surface area contributed by atoms with Crippen molar-refractivity contribution in [1.29, 1.82) is 0 Å². The molecule has 2 aromatic rings. The van der Waals surface area contributed by atoms with Crippen LogP contribution in [0.1, 0.15) is 17.0 Å². The SMILES string of the molecule is COc1cc(Cl)cc(CO)c1OCc1cccc(C)n1. The molecule has 1 heterocycles. The number of hydrogen-bond donors (Lipinski definition) is 1. The lowest BCUT2D eigenvalue weighted by atomic mass is 10.2. The molecule has 0 aliphatic heterocycles. The number of aromatic nitrogens is 1. The van der Waals surface area contributed by atoms with E-state index in [1.165, 1.54) is 7.11 Å². The van der Waals surface area contributed by atoms with Crippen molar-refractivity contribution in [3.05, 3.63) is 52.3 Å². The van der Waals surface area contributed by atoms with Crippen LogP contribution < -0.4 is 9.47 Å². The summed E-state index contributed by atoms with van der Waals surface area (Å²) in [7, 11) is 1.53. The number of ether oxygens (including phenoxy) is 2. The molecule has 0 amide bonds. The van der Waals surface area contributed by atoms with Gasteiger partial charge in [-0.1, -0.05) is 17.7 Å². The third kappa shape index (κ3) is 3.40. The summed E-state index contributed by atoms with van der Waals surface area (Å²) in [4.78, 5) is 4.36. The van der Waals surface area contributed by atoms with Crippen LogP contribution in [-0.2, 0) is 13.2 Å². The number of rotatable bonds is 5. The molecule has 0 spiro atoms. The van der Waals surface area contributed by atoms with Crippen molar-refractivity contribution in [2.45, 2.75) is 20.1 Å². The molecule has 106 valence electrons. The summed E-state index contributed by atoms with van der Waals surface area (Å²) < 4.78 is 11.0. The fourth-order valence-corrected chi connectivity index (χ4v) is 2.11. The summed E-state index contributed by atoms with van der Waals surface area (Å²) in [6.07, 6.45) is 0. The Morgan fingerprint density at radius 2 is 2.10 bits per heavy atom. The molecule has 0 bridgehead atoms. The molecule has 2 rings (SSSR count). The van der Waals surface area contributed by atoms with Crippen LogP contribution in [0.5, 0.6) is 11.5 Å². The molecule has 0 fully saturated rings. The van der Waals surface area contributed by atoms with Crippen molar-refractivity contribution < 1.29 is 14.6 Å². The summed E-state index contributed by atoms with van der Waals surface area (Å²) in [5.74, 6) is 0.983. The molecule has 1 aromatic heterocycles. The van der Waals surface area contributed by atoms with Gasteiger partial charge in [-0.15, -0.1) is 0 Å². The maximum absolute atomic E-state index is 9.39. The first-order valence-corrected chi connectivity index (χ1v) is 6.54. The number of aryl methyl sites for hydroxylation is 1. The van der Waals surface area contributed by atoms with E-state index in [1.54, 1.807) is 12.1 Å². The molecule has 0 radical (unpaired) electrons.